The van der Waals surface area contributed by atoms with Crippen LogP contribution in [-0.2, 0) is 9.59 Å². The van der Waals surface area contributed by atoms with E-state index in [0.717, 1.165) is 31.2 Å². The van der Waals surface area contributed by atoms with Gasteiger partial charge in [-0.1, -0.05) is 31.0 Å². The van der Waals surface area contributed by atoms with Crippen molar-refractivity contribution < 1.29 is 23.8 Å². The molecule has 1 unspecified atom stereocenters. The predicted octanol–water partition coefficient (Wildman–Crippen LogP) is 5.29. The summed E-state index contributed by atoms with van der Waals surface area (Å²) in [6.07, 6.45) is 3.42. The first-order chi connectivity index (χ1) is 15.3. The van der Waals surface area contributed by atoms with Crippen molar-refractivity contribution in [2.24, 2.45) is 0 Å². The Bertz CT molecular complexity index is 1080. The van der Waals surface area contributed by atoms with Crippen molar-refractivity contribution in [3.8, 4) is 5.75 Å². The van der Waals surface area contributed by atoms with Crippen molar-refractivity contribution in [2.75, 3.05) is 0 Å². The van der Waals surface area contributed by atoms with Gasteiger partial charge >= 0.3 is 0 Å². The molecule has 2 aromatic rings. The van der Waals surface area contributed by atoms with Gasteiger partial charge in [0.2, 0.25) is 0 Å². The van der Waals surface area contributed by atoms with Gasteiger partial charge in [0.1, 0.15) is 17.3 Å². The first-order valence-electron chi connectivity index (χ1n) is 11.1. The number of aliphatic hydroxyl groups is 1. The molecule has 1 saturated carbocycles. The predicted molar refractivity (Wildman–Crippen MR) is 120 cm³/mol. The van der Waals surface area contributed by atoms with E-state index in [-0.39, 0.29) is 29.0 Å². The number of ketones is 1. The summed E-state index contributed by atoms with van der Waals surface area (Å²) in [5.74, 6) is -1.58. The number of amides is 1. The third-order valence-corrected chi connectivity index (χ3v) is 6.21. The highest BCUT2D eigenvalue weighted by molar-refractivity contribution is 6.46. The maximum Gasteiger partial charge on any atom is 0.295 e. The van der Waals surface area contributed by atoms with Crippen LogP contribution in [0.4, 0.5) is 4.39 Å². The van der Waals surface area contributed by atoms with E-state index >= 15 is 0 Å². The van der Waals surface area contributed by atoms with Crippen molar-refractivity contribution in [1.82, 2.24) is 4.90 Å². The van der Waals surface area contributed by atoms with Gasteiger partial charge in [-0.15, -0.1) is 0 Å². The zero-order chi connectivity index (χ0) is 23.0. The van der Waals surface area contributed by atoms with Gasteiger partial charge in [0.05, 0.1) is 17.7 Å². The van der Waals surface area contributed by atoms with E-state index in [1.54, 1.807) is 36.4 Å². The molecule has 1 amide bonds. The number of Topliss-reactive ketones (excluding diaryl/α,β-unsaturated/α-hetero) is 1. The number of aliphatic hydroxyl groups excluding tert-OH is 1. The van der Waals surface area contributed by atoms with Gasteiger partial charge in [-0.3, -0.25) is 9.59 Å². The minimum atomic E-state index is -0.953. The van der Waals surface area contributed by atoms with Crippen LogP contribution >= 0.6 is 0 Å². The number of likely N-dealkylation sites (tertiary alicyclic amines) is 1. The van der Waals surface area contributed by atoms with Crippen LogP contribution in [0, 0.1) is 12.7 Å². The van der Waals surface area contributed by atoms with Gasteiger partial charge in [-0.25, -0.2) is 4.39 Å². The Morgan fingerprint density at radius 3 is 2.44 bits per heavy atom. The molecule has 2 aromatic carbocycles. The second-order valence-electron chi connectivity index (χ2n) is 8.81. The Balaban J connectivity index is 1.85. The molecule has 0 aromatic heterocycles. The summed E-state index contributed by atoms with van der Waals surface area (Å²) >= 11 is 0. The summed E-state index contributed by atoms with van der Waals surface area (Å²) < 4.78 is 20.6. The molecule has 1 aliphatic heterocycles. The number of nitrogens with zero attached hydrogens (tertiary/aromatic N) is 1. The number of halogens is 1. The second-order valence-corrected chi connectivity index (χ2v) is 8.81. The van der Waals surface area contributed by atoms with Crippen LogP contribution < -0.4 is 4.74 Å². The number of carbonyl (C=O) groups is 2. The number of rotatable bonds is 5. The van der Waals surface area contributed by atoms with Gasteiger partial charge in [0, 0.05) is 17.2 Å². The molecular weight excluding hydrogens is 409 g/mol. The average molecular weight is 438 g/mol. The molecule has 1 saturated heterocycles. The fourth-order valence-electron chi connectivity index (χ4n) is 4.75. The SMILES string of the molecule is Cc1cc(/C(O)=C2\C(=O)C(=O)N(C3CCCC3)C2c2ccccc2F)ccc1OC(C)C. The molecule has 5 nitrogen and oxygen atoms in total. The van der Waals surface area contributed by atoms with Gasteiger partial charge in [-0.05, 0) is 63.4 Å². The van der Waals surface area contributed by atoms with E-state index in [4.69, 9.17) is 4.74 Å². The zero-order valence-corrected chi connectivity index (χ0v) is 18.6. The molecule has 1 heterocycles. The van der Waals surface area contributed by atoms with Crippen LogP contribution in [0.15, 0.2) is 48.0 Å². The van der Waals surface area contributed by atoms with Crippen LogP contribution in [0.25, 0.3) is 5.76 Å². The number of hydrogen-bond acceptors (Lipinski definition) is 4. The molecule has 1 atom stereocenters. The molecule has 4 rings (SSSR count). The highest BCUT2D eigenvalue weighted by Crippen LogP contribution is 2.44. The fourth-order valence-corrected chi connectivity index (χ4v) is 4.75. The molecule has 2 fully saturated rings. The Hall–Kier alpha value is -3.15. The van der Waals surface area contributed by atoms with Crippen LogP contribution in [0.5, 0.6) is 5.75 Å². The normalized spacial score (nSPS) is 21.0. The second kappa shape index (κ2) is 8.77. The quantitative estimate of drug-likeness (QED) is 0.392. The summed E-state index contributed by atoms with van der Waals surface area (Å²) in [7, 11) is 0. The molecule has 6 heteroatoms. The van der Waals surface area contributed by atoms with Crippen molar-refractivity contribution >= 4 is 17.4 Å². The third-order valence-electron chi connectivity index (χ3n) is 6.21. The van der Waals surface area contributed by atoms with Crippen molar-refractivity contribution in [2.45, 2.75) is 64.6 Å². The minimum Gasteiger partial charge on any atom is -0.507 e. The standard InChI is InChI=1S/C26H28FNO4/c1-15(2)32-21-13-12-17(14-16(21)3)24(29)22-23(19-10-6-7-11-20(19)27)28(26(31)25(22)30)18-8-4-5-9-18/h6-7,10-15,18,23,29H,4-5,8-9H2,1-3H3/b24-22+. The highest BCUT2D eigenvalue weighted by atomic mass is 19.1. The molecule has 0 bridgehead atoms. The lowest BCUT2D eigenvalue weighted by molar-refractivity contribution is -0.141. The van der Waals surface area contributed by atoms with E-state index in [0.29, 0.717) is 11.3 Å². The molecule has 32 heavy (non-hydrogen) atoms. The maximum absolute atomic E-state index is 14.9. The number of hydrogen-bond donors (Lipinski definition) is 1. The highest BCUT2D eigenvalue weighted by Gasteiger charge is 2.49. The van der Waals surface area contributed by atoms with Gasteiger partial charge in [-0.2, -0.15) is 0 Å². The fraction of sp³-hybridized carbons (Fsp3) is 0.385. The monoisotopic (exact) mass is 437 g/mol. The average Bonchev–Trinajstić information content (AvgIpc) is 3.36. The van der Waals surface area contributed by atoms with Gasteiger partial charge < -0.3 is 14.7 Å². The minimum absolute atomic E-state index is 0.00839. The molecule has 2 aliphatic rings. The summed E-state index contributed by atoms with van der Waals surface area (Å²) in [6.45, 7) is 5.69. The summed E-state index contributed by atoms with van der Waals surface area (Å²) in [6, 6.07) is 10.1. The Morgan fingerprint density at radius 1 is 1.12 bits per heavy atom. The first-order valence-corrected chi connectivity index (χ1v) is 11.1. The van der Waals surface area contributed by atoms with E-state index < -0.39 is 23.5 Å². The van der Waals surface area contributed by atoms with Crippen LogP contribution in [0.2, 0.25) is 0 Å². The van der Waals surface area contributed by atoms with Crippen molar-refractivity contribution in [1.29, 1.82) is 0 Å². The Morgan fingerprint density at radius 2 is 1.81 bits per heavy atom. The number of aryl methyl sites for hydroxylation is 1. The lowest BCUT2D eigenvalue weighted by Crippen LogP contribution is -2.38. The largest absolute Gasteiger partial charge is 0.507 e. The molecule has 1 aliphatic carbocycles. The Kier molecular flexibility index (Phi) is 6.04. The smallest absolute Gasteiger partial charge is 0.295 e. The van der Waals surface area contributed by atoms with E-state index in [1.807, 2.05) is 20.8 Å². The number of ether oxygens (including phenoxy) is 1. The Labute approximate surface area is 187 Å². The molecular formula is C26H28FNO4. The summed E-state index contributed by atoms with van der Waals surface area (Å²) in [4.78, 5) is 27.7. The first kappa shape index (κ1) is 22.1. The molecule has 168 valence electrons. The lowest BCUT2D eigenvalue weighted by atomic mass is 9.94. The van der Waals surface area contributed by atoms with Crippen LogP contribution in [0.3, 0.4) is 0 Å². The number of carbonyl (C=O) groups excluding carboxylic acids is 2. The summed E-state index contributed by atoms with van der Waals surface area (Å²) in [5, 5.41) is 11.2. The van der Waals surface area contributed by atoms with Crippen molar-refractivity contribution in [3.63, 3.8) is 0 Å². The van der Waals surface area contributed by atoms with E-state index in [2.05, 4.69) is 0 Å². The molecule has 0 radical (unpaired) electrons. The van der Waals surface area contributed by atoms with E-state index in [9.17, 15) is 19.1 Å². The number of benzene rings is 2. The molecule has 1 N–H and O–H groups in total. The third kappa shape index (κ3) is 3.90. The zero-order valence-electron chi connectivity index (χ0n) is 18.6. The van der Waals surface area contributed by atoms with Crippen LogP contribution in [0.1, 0.15) is 62.3 Å². The maximum atomic E-state index is 14.9. The summed E-state index contributed by atoms with van der Waals surface area (Å²) in [5.41, 5.74) is 1.33. The van der Waals surface area contributed by atoms with Gasteiger partial charge in [0.25, 0.3) is 11.7 Å². The van der Waals surface area contributed by atoms with Crippen molar-refractivity contribution in [3.05, 3.63) is 70.5 Å². The molecule has 0 spiro atoms. The van der Waals surface area contributed by atoms with Crippen LogP contribution in [-0.4, -0.2) is 33.8 Å². The lowest BCUT2D eigenvalue weighted by Gasteiger charge is -2.31. The van der Waals surface area contributed by atoms with Gasteiger partial charge in [0.15, 0.2) is 0 Å². The topological polar surface area (TPSA) is 66.8 Å². The van der Waals surface area contributed by atoms with E-state index in [1.165, 1.54) is 11.0 Å².